The van der Waals surface area contributed by atoms with E-state index in [1.54, 1.807) is 23.1 Å². The lowest BCUT2D eigenvalue weighted by molar-refractivity contribution is -0.127. The molecule has 1 atom stereocenters. The first-order valence-corrected chi connectivity index (χ1v) is 9.35. The molecule has 1 unspecified atom stereocenters. The minimum atomic E-state index is -0.632. The molecule has 8 nitrogen and oxygen atoms in total. The number of ether oxygens (including phenoxy) is 1. The van der Waals surface area contributed by atoms with Crippen LogP contribution in [0, 0.1) is 0 Å². The summed E-state index contributed by atoms with van der Waals surface area (Å²) in [7, 11) is 0. The Morgan fingerprint density at radius 2 is 1.93 bits per heavy atom. The molecule has 2 aliphatic rings. The molecule has 3 aromatic rings. The second-order valence-corrected chi connectivity index (χ2v) is 7.12. The van der Waals surface area contributed by atoms with Crippen molar-refractivity contribution in [3.05, 3.63) is 54.1 Å². The molecule has 8 heteroatoms. The summed E-state index contributed by atoms with van der Waals surface area (Å²) in [5.41, 5.74) is 2.06. The van der Waals surface area contributed by atoms with Gasteiger partial charge in [0.05, 0.1) is 11.4 Å². The van der Waals surface area contributed by atoms with Crippen molar-refractivity contribution in [2.24, 2.45) is 0 Å². The largest absolute Gasteiger partial charge is 0.439 e. The Bertz CT molecular complexity index is 1110. The molecule has 2 aliphatic heterocycles. The van der Waals surface area contributed by atoms with E-state index < -0.39 is 6.09 Å². The van der Waals surface area contributed by atoms with E-state index in [1.807, 2.05) is 30.3 Å². The lowest BCUT2D eigenvalue weighted by Crippen LogP contribution is -2.42. The predicted molar refractivity (Wildman–Crippen MR) is 102 cm³/mol. The Morgan fingerprint density at radius 1 is 1.10 bits per heavy atom. The summed E-state index contributed by atoms with van der Waals surface area (Å²) in [6, 6.07) is 14.5. The van der Waals surface area contributed by atoms with Gasteiger partial charge in [-0.2, -0.15) is 0 Å². The van der Waals surface area contributed by atoms with E-state index >= 15 is 0 Å². The standard InChI is InChI=1S/C21H17N3O5/c25-18-12-28-21(27)24(18)15-8-9-23(11-15)20(26)14-6-7-17-16(10-14)19(29-22-17)13-4-2-1-3-5-13/h1-7,10,15H,8-9,11-12H2. The van der Waals surface area contributed by atoms with Gasteiger partial charge in [-0.15, -0.1) is 0 Å². The first-order valence-electron chi connectivity index (χ1n) is 9.35. The fourth-order valence-electron chi connectivity index (χ4n) is 3.91. The van der Waals surface area contributed by atoms with Gasteiger partial charge in [0.25, 0.3) is 11.8 Å². The number of cyclic esters (lactones) is 1. The molecule has 5 rings (SSSR count). The van der Waals surface area contributed by atoms with Crippen molar-refractivity contribution >= 4 is 28.8 Å². The summed E-state index contributed by atoms with van der Waals surface area (Å²) < 4.78 is 10.3. The molecule has 0 radical (unpaired) electrons. The minimum absolute atomic E-state index is 0.158. The molecule has 2 aromatic carbocycles. The molecule has 29 heavy (non-hydrogen) atoms. The minimum Gasteiger partial charge on any atom is -0.439 e. The smallest absolute Gasteiger partial charge is 0.417 e. The van der Waals surface area contributed by atoms with E-state index in [0.29, 0.717) is 36.4 Å². The van der Waals surface area contributed by atoms with Crippen molar-refractivity contribution in [1.29, 1.82) is 0 Å². The Labute approximate surface area is 165 Å². The van der Waals surface area contributed by atoms with E-state index in [9.17, 15) is 14.4 Å². The number of fused-ring (bicyclic) bond motifs is 1. The number of imide groups is 1. The molecular formula is C21H17N3O5. The summed E-state index contributed by atoms with van der Waals surface area (Å²) in [5, 5.41) is 4.84. The maximum atomic E-state index is 13.0. The number of carbonyl (C=O) groups is 3. The topological polar surface area (TPSA) is 93.0 Å². The molecule has 0 bridgehead atoms. The van der Waals surface area contributed by atoms with Gasteiger partial charge in [0.15, 0.2) is 12.4 Å². The number of likely N-dealkylation sites (tertiary alicyclic amines) is 1. The van der Waals surface area contributed by atoms with Gasteiger partial charge in [0, 0.05) is 24.2 Å². The monoisotopic (exact) mass is 391 g/mol. The third kappa shape index (κ3) is 2.93. The summed E-state index contributed by atoms with van der Waals surface area (Å²) in [5.74, 6) is 0.0993. The second kappa shape index (κ2) is 6.73. The molecule has 2 saturated heterocycles. The molecule has 0 spiro atoms. The van der Waals surface area contributed by atoms with E-state index in [4.69, 9.17) is 9.26 Å². The summed E-state index contributed by atoms with van der Waals surface area (Å²) in [6.07, 6.45) is -0.0927. The van der Waals surface area contributed by atoms with Crippen LogP contribution in [0.5, 0.6) is 0 Å². The van der Waals surface area contributed by atoms with Crippen LogP contribution in [0.25, 0.3) is 22.2 Å². The normalized spacial score (nSPS) is 19.2. The van der Waals surface area contributed by atoms with Crippen molar-refractivity contribution < 1.29 is 23.6 Å². The third-order valence-electron chi connectivity index (χ3n) is 5.36. The lowest BCUT2D eigenvalue weighted by atomic mass is 10.1. The lowest BCUT2D eigenvalue weighted by Gasteiger charge is -2.20. The van der Waals surface area contributed by atoms with Crippen LogP contribution < -0.4 is 0 Å². The van der Waals surface area contributed by atoms with Crippen LogP contribution in [0.4, 0.5) is 4.79 Å². The molecule has 0 saturated carbocycles. The van der Waals surface area contributed by atoms with E-state index in [0.717, 1.165) is 15.8 Å². The highest BCUT2D eigenvalue weighted by Gasteiger charge is 2.41. The van der Waals surface area contributed by atoms with Gasteiger partial charge < -0.3 is 14.2 Å². The van der Waals surface area contributed by atoms with Crippen molar-refractivity contribution in [2.75, 3.05) is 19.7 Å². The highest BCUT2D eigenvalue weighted by Crippen LogP contribution is 2.30. The average Bonchev–Trinajstić information content (AvgIpc) is 3.46. The Kier molecular flexibility index (Phi) is 4.04. The van der Waals surface area contributed by atoms with Crippen molar-refractivity contribution in [2.45, 2.75) is 12.5 Å². The van der Waals surface area contributed by atoms with Crippen molar-refractivity contribution in [3.8, 4) is 11.3 Å². The summed E-state index contributed by atoms with van der Waals surface area (Å²) in [4.78, 5) is 39.5. The van der Waals surface area contributed by atoms with Gasteiger partial charge in [-0.25, -0.2) is 9.69 Å². The van der Waals surface area contributed by atoms with Crippen LogP contribution in [0.3, 0.4) is 0 Å². The Balaban J connectivity index is 1.40. The summed E-state index contributed by atoms with van der Waals surface area (Å²) >= 11 is 0. The number of carbonyl (C=O) groups excluding carboxylic acids is 3. The number of hydrogen-bond acceptors (Lipinski definition) is 6. The van der Waals surface area contributed by atoms with Crippen LogP contribution in [0.2, 0.25) is 0 Å². The number of nitrogens with zero attached hydrogens (tertiary/aromatic N) is 3. The zero-order valence-corrected chi connectivity index (χ0v) is 15.4. The number of amides is 3. The van der Waals surface area contributed by atoms with Gasteiger partial charge in [-0.1, -0.05) is 35.5 Å². The number of aromatic nitrogens is 1. The molecule has 1 aromatic heterocycles. The maximum absolute atomic E-state index is 13.0. The molecule has 2 fully saturated rings. The molecule has 146 valence electrons. The van der Waals surface area contributed by atoms with Gasteiger partial charge in [0.2, 0.25) is 0 Å². The number of hydrogen-bond donors (Lipinski definition) is 0. The first kappa shape index (κ1) is 17.4. The zero-order chi connectivity index (χ0) is 20.0. The zero-order valence-electron chi connectivity index (χ0n) is 15.4. The van der Waals surface area contributed by atoms with Crippen molar-refractivity contribution in [1.82, 2.24) is 15.0 Å². The predicted octanol–water partition coefficient (Wildman–Crippen LogP) is 2.69. The van der Waals surface area contributed by atoms with Gasteiger partial charge in [-0.05, 0) is 24.6 Å². The van der Waals surface area contributed by atoms with E-state index in [2.05, 4.69) is 5.16 Å². The van der Waals surface area contributed by atoms with Crippen molar-refractivity contribution in [3.63, 3.8) is 0 Å². The van der Waals surface area contributed by atoms with E-state index in [1.165, 1.54) is 0 Å². The van der Waals surface area contributed by atoms with Gasteiger partial charge in [0.1, 0.15) is 5.52 Å². The first-order chi connectivity index (χ1) is 14.1. The molecule has 0 aliphatic carbocycles. The maximum Gasteiger partial charge on any atom is 0.417 e. The summed E-state index contributed by atoms with van der Waals surface area (Å²) in [6.45, 7) is 0.538. The quantitative estimate of drug-likeness (QED) is 0.682. The molecule has 3 amide bonds. The Hall–Kier alpha value is -3.68. The van der Waals surface area contributed by atoms with Crippen LogP contribution >= 0.6 is 0 Å². The third-order valence-corrected chi connectivity index (χ3v) is 5.36. The Morgan fingerprint density at radius 3 is 2.69 bits per heavy atom. The van der Waals surface area contributed by atoms with Gasteiger partial charge >= 0.3 is 6.09 Å². The second-order valence-electron chi connectivity index (χ2n) is 7.12. The fraction of sp³-hybridized carbons (Fsp3) is 0.238. The van der Waals surface area contributed by atoms with Gasteiger partial charge in [-0.3, -0.25) is 9.59 Å². The fourth-order valence-corrected chi connectivity index (χ4v) is 3.91. The molecule has 0 N–H and O–H groups in total. The van der Waals surface area contributed by atoms with Crippen LogP contribution in [0.15, 0.2) is 53.1 Å². The molecule has 3 heterocycles. The highest BCUT2D eigenvalue weighted by molar-refractivity contribution is 6.01. The van der Waals surface area contributed by atoms with Crippen LogP contribution in [0.1, 0.15) is 16.8 Å². The molecular weight excluding hydrogens is 374 g/mol. The van der Waals surface area contributed by atoms with E-state index in [-0.39, 0.29) is 24.5 Å². The highest BCUT2D eigenvalue weighted by atomic mass is 16.6. The number of benzene rings is 2. The van der Waals surface area contributed by atoms with Crippen LogP contribution in [-0.4, -0.2) is 58.6 Å². The van der Waals surface area contributed by atoms with Crippen LogP contribution in [-0.2, 0) is 9.53 Å². The number of rotatable bonds is 3. The SMILES string of the molecule is O=C(c1ccc2noc(-c3ccccc3)c2c1)N1CCC(N2C(=O)COC2=O)C1. The average molecular weight is 391 g/mol.